The SMILES string of the molecule is Cc1cc(C#CCNC(=O)OCc2ccccc2)ccc1/C(N)=C/NCC1CCCCO1. The molecule has 6 nitrogen and oxygen atoms in total. The highest BCUT2D eigenvalue weighted by atomic mass is 16.5. The molecule has 0 bridgehead atoms. The van der Waals surface area contributed by atoms with Crippen LogP contribution in [0, 0.1) is 18.8 Å². The zero-order chi connectivity index (χ0) is 22.6. The molecule has 1 atom stereocenters. The van der Waals surface area contributed by atoms with Crippen molar-refractivity contribution in [2.24, 2.45) is 5.73 Å². The number of carbonyl (C=O) groups is 1. The highest BCUT2D eigenvalue weighted by Crippen LogP contribution is 2.16. The second-order valence-electron chi connectivity index (χ2n) is 7.74. The van der Waals surface area contributed by atoms with Crippen molar-refractivity contribution in [2.45, 2.75) is 38.9 Å². The van der Waals surface area contributed by atoms with Gasteiger partial charge in [-0.15, -0.1) is 0 Å². The van der Waals surface area contributed by atoms with E-state index in [4.69, 9.17) is 15.2 Å². The highest BCUT2D eigenvalue weighted by Gasteiger charge is 2.12. The zero-order valence-electron chi connectivity index (χ0n) is 18.5. The minimum Gasteiger partial charge on any atom is -0.445 e. The molecule has 4 N–H and O–H groups in total. The second-order valence-corrected chi connectivity index (χ2v) is 7.74. The van der Waals surface area contributed by atoms with Crippen molar-refractivity contribution in [3.8, 4) is 11.8 Å². The molecule has 1 aliphatic rings. The van der Waals surface area contributed by atoms with Gasteiger partial charge in [0.1, 0.15) is 6.61 Å². The Morgan fingerprint density at radius 1 is 1.25 bits per heavy atom. The summed E-state index contributed by atoms with van der Waals surface area (Å²) in [4.78, 5) is 11.8. The lowest BCUT2D eigenvalue weighted by Gasteiger charge is -2.22. The first-order valence-corrected chi connectivity index (χ1v) is 11.0. The van der Waals surface area contributed by atoms with E-state index in [2.05, 4.69) is 22.5 Å². The van der Waals surface area contributed by atoms with Crippen LogP contribution in [0.25, 0.3) is 5.70 Å². The van der Waals surface area contributed by atoms with Gasteiger partial charge in [-0.2, -0.15) is 0 Å². The predicted octanol–water partition coefficient (Wildman–Crippen LogP) is 3.69. The van der Waals surface area contributed by atoms with Gasteiger partial charge < -0.3 is 25.8 Å². The van der Waals surface area contributed by atoms with Crippen molar-refractivity contribution in [1.29, 1.82) is 0 Å². The van der Waals surface area contributed by atoms with Crippen LogP contribution in [0.1, 0.15) is 41.5 Å². The van der Waals surface area contributed by atoms with E-state index in [-0.39, 0.29) is 19.3 Å². The Morgan fingerprint density at radius 3 is 2.84 bits per heavy atom. The second kappa shape index (κ2) is 12.4. The van der Waals surface area contributed by atoms with E-state index < -0.39 is 6.09 Å². The fourth-order valence-electron chi connectivity index (χ4n) is 3.45. The molecule has 1 unspecified atom stereocenters. The quantitative estimate of drug-likeness (QED) is 0.580. The third kappa shape index (κ3) is 7.68. The molecule has 2 aromatic carbocycles. The van der Waals surface area contributed by atoms with Crippen LogP contribution in [-0.2, 0) is 16.1 Å². The Bertz CT molecular complexity index is 971. The molecule has 32 heavy (non-hydrogen) atoms. The van der Waals surface area contributed by atoms with Crippen molar-refractivity contribution in [3.63, 3.8) is 0 Å². The minimum atomic E-state index is -0.487. The Kier molecular flexibility index (Phi) is 9.03. The summed E-state index contributed by atoms with van der Waals surface area (Å²) in [6, 6.07) is 15.4. The van der Waals surface area contributed by atoms with Crippen LogP contribution in [0.3, 0.4) is 0 Å². The van der Waals surface area contributed by atoms with Gasteiger partial charge in [-0.05, 0) is 49.4 Å². The molecule has 6 heteroatoms. The van der Waals surface area contributed by atoms with Gasteiger partial charge >= 0.3 is 6.09 Å². The molecule has 0 aliphatic carbocycles. The number of ether oxygens (including phenoxy) is 2. The maximum atomic E-state index is 11.8. The number of rotatable bonds is 7. The largest absolute Gasteiger partial charge is 0.445 e. The summed E-state index contributed by atoms with van der Waals surface area (Å²) in [5, 5.41) is 5.91. The fraction of sp³-hybridized carbons (Fsp3) is 0.346. The highest BCUT2D eigenvalue weighted by molar-refractivity contribution is 5.68. The summed E-state index contributed by atoms with van der Waals surface area (Å²) in [5.41, 5.74) is 10.7. The fourth-order valence-corrected chi connectivity index (χ4v) is 3.45. The Morgan fingerprint density at radius 2 is 2.09 bits per heavy atom. The van der Waals surface area contributed by atoms with Crippen LogP contribution in [0.15, 0.2) is 54.7 Å². The van der Waals surface area contributed by atoms with Crippen LogP contribution in [-0.4, -0.2) is 31.9 Å². The Hall–Kier alpha value is -3.43. The summed E-state index contributed by atoms with van der Waals surface area (Å²) >= 11 is 0. The minimum absolute atomic E-state index is 0.212. The zero-order valence-corrected chi connectivity index (χ0v) is 18.5. The third-order valence-corrected chi connectivity index (χ3v) is 5.18. The average Bonchev–Trinajstić information content (AvgIpc) is 2.82. The van der Waals surface area contributed by atoms with Crippen molar-refractivity contribution >= 4 is 11.8 Å². The average molecular weight is 434 g/mol. The number of carbonyl (C=O) groups excluding carboxylic acids is 1. The van der Waals surface area contributed by atoms with Gasteiger partial charge in [-0.3, -0.25) is 0 Å². The van der Waals surface area contributed by atoms with Crippen LogP contribution in [0.5, 0.6) is 0 Å². The van der Waals surface area contributed by atoms with Crippen molar-refractivity contribution in [2.75, 3.05) is 19.7 Å². The topological polar surface area (TPSA) is 85.6 Å². The van der Waals surface area contributed by atoms with E-state index in [1.807, 2.05) is 61.7 Å². The number of nitrogens with one attached hydrogen (secondary N) is 2. The molecule has 0 spiro atoms. The first kappa shape index (κ1) is 23.2. The summed E-state index contributed by atoms with van der Waals surface area (Å²) in [6.45, 7) is 4.06. The lowest BCUT2D eigenvalue weighted by Crippen LogP contribution is -2.29. The first-order chi connectivity index (χ1) is 15.6. The number of hydrogen-bond acceptors (Lipinski definition) is 5. The smallest absolute Gasteiger partial charge is 0.408 e. The lowest BCUT2D eigenvalue weighted by molar-refractivity contribution is 0.0188. The molecular formula is C26H31N3O3. The number of benzene rings is 2. The number of amides is 1. The third-order valence-electron chi connectivity index (χ3n) is 5.18. The molecule has 3 rings (SSSR count). The molecular weight excluding hydrogens is 402 g/mol. The van der Waals surface area contributed by atoms with Gasteiger partial charge in [0.15, 0.2) is 0 Å². The molecule has 2 aromatic rings. The van der Waals surface area contributed by atoms with E-state index in [0.29, 0.717) is 5.70 Å². The standard InChI is InChI=1S/C26H31N3O3/c1-20-16-21(10-7-14-29-26(30)32-19-22-8-3-2-4-9-22)12-13-24(20)25(27)18-28-17-23-11-5-6-15-31-23/h2-4,8-9,12-13,16,18,23,28H,5-6,11,14-15,17,19,27H2,1H3,(H,29,30)/b25-18-. The van der Waals surface area contributed by atoms with E-state index >= 15 is 0 Å². The van der Waals surface area contributed by atoms with Gasteiger partial charge in [0.05, 0.1) is 18.3 Å². The lowest BCUT2D eigenvalue weighted by atomic mass is 10.0. The van der Waals surface area contributed by atoms with Crippen molar-refractivity contribution < 1.29 is 14.3 Å². The van der Waals surface area contributed by atoms with Crippen molar-refractivity contribution in [3.05, 3.63) is 77.0 Å². The molecule has 1 heterocycles. The van der Waals surface area contributed by atoms with Gasteiger partial charge in [0, 0.05) is 30.5 Å². The van der Waals surface area contributed by atoms with Gasteiger partial charge in [0.2, 0.25) is 0 Å². The monoisotopic (exact) mass is 433 g/mol. The van der Waals surface area contributed by atoms with E-state index in [1.54, 1.807) is 0 Å². The molecule has 0 radical (unpaired) electrons. The normalized spacial score (nSPS) is 15.9. The molecule has 1 fully saturated rings. The van der Waals surface area contributed by atoms with E-state index in [0.717, 1.165) is 48.2 Å². The van der Waals surface area contributed by atoms with Crippen LogP contribution >= 0.6 is 0 Å². The van der Waals surface area contributed by atoms with E-state index in [9.17, 15) is 4.79 Å². The van der Waals surface area contributed by atoms with Crippen LogP contribution < -0.4 is 16.4 Å². The van der Waals surface area contributed by atoms with Gasteiger partial charge in [-0.1, -0.05) is 48.2 Å². The molecule has 1 amide bonds. The number of alkyl carbamates (subject to hydrolysis) is 1. The molecule has 0 aromatic heterocycles. The Balaban J connectivity index is 1.43. The predicted molar refractivity (Wildman–Crippen MR) is 126 cm³/mol. The summed E-state index contributed by atoms with van der Waals surface area (Å²) in [6.07, 6.45) is 5.08. The maximum Gasteiger partial charge on any atom is 0.408 e. The molecule has 168 valence electrons. The van der Waals surface area contributed by atoms with Crippen molar-refractivity contribution in [1.82, 2.24) is 10.6 Å². The summed E-state index contributed by atoms with van der Waals surface area (Å²) in [5.74, 6) is 6.00. The van der Waals surface area contributed by atoms with Gasteiger partial charge in [-0.25, -0.2) is 4.79 Å². The summed E-state index contributed by atoms with van der Waals surface area (Å²) in [7, 11) is 0. The van der Waals surface area contributed by atoms with Gasteiger partial charge in [0.25, 0.3) is 0 Å². The number of aryl methyl sites for hydroxylation is 1. The number of nitrogens with two attached hydrogens (primary N) is 1. The van der Waals surface area contributed by atoms with E-state index in [1.165, 1.54) is 6.42 Å². The first-order valence-electron chi connectivity index (χ1n) is 11.0. The Labute approximate surface area is 190 Å². The number of hydrogen-bond donors (Lipinski definition) is 3. The maximum absolute atomic E-state index is 11.8. The summed E-state index contributed by atoms with van der Waals surface area (Å²) < 4.78 is 10.9. The van der Waals surface area contributed by atoms with Crippen LogP contribution in [0.4, 0.5) is 4.79 Å². The van der Waals surface area contributed by atoms with Crippen LogP contribution in [0.2, 0.25) is 0 Å². The molecule has 1 saturated heterocycles. The molecule has 1 aliphatic heterocycles. The molecule has 0 saturated carbocycles.